The van der Waals surface area contributed by atoms with Crippen LogP contribution in [0.4, 0.5) is 10.5 Å². The van der Waals surface area contributed by atoms with E-state index in [-0.39, 0.29) is 11.8 Å². The van der Waals surface area contributed by atoms with Crippen molar-refractivity contribution in [3.8, 4) is 11.3 Å². The second-order valence-corrected chi connectivity index (χ2v) is 10.2. The van der Waals surface area contributed by atoms with Gasteiger partial charge in [0.15, 0.2) is 0 Å². The van der Waals surface area contributed by atoms with E-state index in [1.165, 1.54) is 0 Å². The number of amides is 2. The molecule has 2 saturated carbocycles. The summed E-state index contributed by atoms with van der Waals surface area (Å²) in [6.07, 6.45) is 5.76. The van der Waals surface area contributed by atoms with E-state index in [1.807, 2.05) is 63.6 Å². The number of rotatable bonds is 7. The van der Waals surface area contributed by atoms with Crippen LogP contribution >= 0.6 is 0 Å². The van der Waals surface area contributed by atoms with Crippen LogP contribution in [0.25, 0.3) is 11.3 Å². The number of anilines is 1. The van der Waals surface area contributed by atoms with E-state index in [0.29, 0.717) is 17.5 Å². The Morgan fingerprint density at radius 1 is 1.09 bits per heavy atom. The van der Waals surface area contributed by atoms with Crippen LogP contribution in [-0.4, -0.2) is 33.2 Å². The Labute approximate surface area is 189 Å². The van der Waals surface area contributed by atoms with E-state index in [9.17, 15) is 9.59 Å². The fourth-order valence-electron chi connectivity index (χ4n) is 4.55. The summed E-state index contributed by atoms with van der Waals surface area (Å²) in [7, 11) is 1.97. The van der Waals surface area contributed by atoms with E-state index in [2.05, 4.69) is 15.6 Å². The summed E-state index contributed by atoms with van der Waals surface area (Å²) < 4.78 is 7.45. The molecule has 0 unspecified atom stereocenters. The molecule has 2 aliphatic carbocycles. The number of aryl methyl sites for hydroxylation is 2. The topological polar surface area (TPSA) is 85.3 Å². The van der Waals surface area contributed by atoms with Gasteiger partial charge in [0.2, 0.25) is 5.91 Å². The summed E-state index contributed by atoms with van der Waals surface area (Å²) in [6.45, 7) is 7.46. The van der Waals surface area contributed by atoms with Crippen molar-refractivity contribution in [2.75, 3.05) is 5.32 Å². The lowest BCUT2D eigenvalue weighted by Crippen LogP contribution is -2.51. The number of carbonyl (C=O) groups is 2. The zero-order valence-corrected chi connectivity index (χ0v) is 19.6. The van der Waals surface area contributed by atoms with E-state index < -0.39 is 17.7 Å². The molecule has 7 heteroatoms. The molecule has 0 saturated heterocycles. The van der Waals surface area contributed by atoms with Crippen molar-refractivity contribution in [3.05, 3.63) is 36.3 Å². The Morgan fingerprint density at radius 2 is 1.69 bits per heavy atom. The van der Waals surface area contributed by atoms with Crippen molar-refractivity contribution in [3.63, 3.8) is 0 Å². The molecule has 0 aliphatic heterocycles. The molecule has 2 aromatic rings. The molecule has 172 valence electrons. The number of carbonyl (C=O) groups excluding carboxylic acids is 2. The zero-order chi connectivity index (χ0) is 23.0. The molecule has 2 aliphatic rings. The molecular formula is C25H34N4O3. The average Bonchev–Trinajstić information content (AvgIpc) is 3.62. The van der Waals surface area contributed by atoms with Gasteiger partial charge in [0.05, 0.1) is 17.7 Å². The molecule has 7 nitrogen and oxygen atoms in total. The molecule has 1 aromatic carbocycles. The Balaban J connectivity index is 1.50. The van der Waals surface area contributed by atoms with Crippen molar-refractivity contribution < 1.29 is 14.3 Å². The zero-order valence-electron chi connectivity index (χ0n) is 19.6. The number of alkyl carbamates (subject to hydrolysis) is 1. The van der Waals surface area contributed by atoms with Crippen molar-refractivity contribution in [1.82, 2.24) is 14.9 Å². The first-order valence-corrected chi connectivity index (χ1v) is 11.5. The minimum atomic E-state index is -0.612. The lowest BCUT2D eigenvalue weighted by molar-refractivity contribution is -0.120. The normalized spacial score (nSPS) is 17.2. The predicted molar refractivity (Wildman–Crippen MR) is 124 cm³/mol. The van der Waals surface area contributed by atoms with E-state index >= 15 is 0 Å². The predicted octanol–water partition coefficient (Wildman–Crippen LogP) is 4.66. The summed E-state index contributed by atoms with van der Waals surface area (Å²) in [5, 5.41) is 5.93. The third-order valence-corrected chi connectivity index (χ3v) is 6.22. The number of benzene rings is 1. The van der Waals surface area contributed by atoms with Gasteiger partial charge in [0.1, 0.15) is 11.6 Å². The molecule has 0 spiro atoms. The van der Waals surface area contributed by atoms with Crippen molar-refractivity contribution >= 4 is 17.7 Å². The third kappa shape index (κ3) is 5.31. The number of imidazole rings is 1. The number of hydrogen-bond acceptors (Lipinski definition) is 4. The smallest absolute Gasteiger partial charge is 0.408 e. The van der Waals surface area contributed by atoms with Gasteiger partial charge in [-0.15, -0.1) is 0 Å². The van der Waals surface area contributed by atoms with Gasteiger partial charge in [-0.3, -0.25) is 4.79 Å². The molecule has 0 bridgehead atoms. The minimum absolute atomic E-state index is 0.166. The van der Waals surface area contributed by atoms with Gasteiger partial charge in [0.25, 0.3) is 0 Å². The average molecular weight is 439 g/mol. The van der Waals surface area contributed by atoms with Crippen molar-refractivity contribution in [2.45, 2.75) is 65.0 Å². The van der Waals surface area contributed by atoms with Gasteiger partial charge in [0, 0.05) is 18.3 Å². The highest BCUT2D eigenvalue weighted by Crippen LogP contribution is 2.50. The highest BCUT2D eigenvalue weighted by atomic mass is 16.6. The van der Waals surface area contributed by atoms with Gasteiger partial charge < -0.3 is 19.9 Å². The summed E-state index contributed by atoms with van der Waals surface area (Å²) in [5.74, 6) is 0.995. The second-order valence-electron chi connectivity index (χ2n) is 10.2. The lowest BCUT2D eigenvalue weighted by Gasteiger charge is -2.29. The summed E-state index contributed by atoms with van der Waals surface area (Å²) >= 11 is 0. The van der Waals surface area contributed by atoms with Gasteiger partial charge in [-0.25, -0.2) is 9.78 Å². The van der Waals surface area contributed by atoms with Crippen LogP contribution in [-0.2, 0) is 16.6 Å². The van der Waals surface area contributed by atoms with Crippen LogP contribution in [0.2, 0.25) is 0 Å². The van der Waals surface area contributed by atoms with Gasteiger partial charge in [-0.1, -0.05) is 12.1 Å². The standard InChI is InChI=1S/C25H34N4O3/c1-15-22(29(5)14-26-15)18-10-12-19(13-11-18)27-23(30)21(28-24(31)32-25(2,3)4)20(16-6-7-16)17-8-9-17/h10-14,16-17,20-21H,6-9H2,1-5H3,(H,27,30)(H,28,31)/t21-/m0/s1. The highest BCUT2D eigenvalue weighted by molar-refractivity contribution is 5.97. The number of nitrogens with zero attached hydrogens (tertiary/aromatic N) is 2. The molecular weight excluding hydrogens is 404 g/mol. The molecule has 2 N–H and O–H groups in total. The number of ether oxygens (including phenoxy) is 1. The molecule has 2 amide bonds. The molecule has 1 aromatic heterocycles. The first-order chi connectivity index (χ1) is 15.1. The maximum absolute atomic E-state index is 13.3. The van der Waals surface area contributed by atoms with E-state index in [4.69, 9.17) is 4.74 Å². The Hall–Kier alpha value is -2.83. The maximum Gasteiger partial charge on any atom is 0.408 e. The van der Waals surface area contributed by atoms with Crippen LogP contribution in [0.5, 0.6) is 0 Å². The number of hydrogen-bond donors (Lipinski definition) is 2. The van der Waals surface area contributed by atoms with Gasteiger partial charge >= 0.3 is 6.09 Å². The molecule has 1 heterocycles. The summed E-state index contributed by atoms with van der Waals surface area (Å²) in [4.78, 5) is 30.2. The maximum atomic E-state index is 13.3. The summed E-state index contributed by atoms with van der Waals surface area (Å²) in [5.41, 5.74) is 3.15. The summed E-state index contributed by atoms with van der Waals surface area (Å²) in [6, 6.07) is 7.16. The van der Waals surface area contributed by atoms with Crippen molar-refractivity contribution in [2.24, 2.45) is 24.8 Å². The third-order valence-electron chi connectivity index (χ3n) is 6.22. The first kappa shape index (κ1) is 22.4. The molecule has 1 atom stereocenters. The fourth-order valence-corrected chi connectivity index (χ4v) is 4.55. The minimum Gasteiger partial charge on any atom is -0.444 e. The van der Waals surface area contributed by atoms with Gasteiger partial charge in [-0.05, 0) is 83.3 Å². The monoisotopic (exact) mass is 438 g/mol. The van der Waals surface area contributed by atoms with Crippen LogP contribution in [0, 0.1) is 24.7 Å². The number of nitrogens with one attached hydrogen (secondary N) is 2. The Bertz CT molecular complexity index is 950. The lowest BCUT2D eigenvalue weighted by atomic mass is 9.88. The molecule has 32 heavy (non-hydrogen) atoms. The fraction of sp³-hybridized carbons (Fsp3) is 0.560. The quantitative estimate of drug-likeness (QED) is 0.658. The second kappa shape index (κ2) is 8.60. The highest BCUT2D eigenvalue weighted by Gasteiger charge is 2.48. The van der Waals surface area contributed by atoms with Crippen LogP contribution in [0.3, 0.4) is 0 Å². The number of aromatic nitrogens is 2. The Morgan fingerprint density at radius 3 is 2.16 bits per heavy atom. The van der Waals surface area contributed by atoms with Crippen LogP contribution < -0.4 is 10.6 Å². The van der Waals surface area contributed by atoms with Gasteiger partial charge in [-0.2, -0.15) is 0 Å². The first-order valence-electron chi connectivity index (χ1n) is 11.5. The van der Waals surface area contributed by atoms with Crippen LogP contribution in [0.1, 0.15) is 52.1 Å². The molecule has 0 radical (unpaired) electrons. The van der Waals surface area contributed by atoms with Crippen LogP contribution in [0.15, 0.2) is 30.6 Å². The van der Waals surface area contributed by atoms with E-state index in [0.717, 1.165) is 42.6 Å². The molecule has 4 rings (SSSR count). The van der Waals surface area contributed by atoms with E-state index in [1.54, 1.807) is 6.33 Å². The Kier molecular flexibility index (Phi) is 6.01. The van der Waals surface area contributed by atoms with Crippen molar-refractivity contribution in [1.29, 1.82) is 0 Å². The SMILES string of the molecule is Cc1ncn(C)c1-c1ccc(NC(=O)[C@@H](NC(=O)OC(C)(C)C)C(C2CC2)C2CC2)cc1. The largest absolute Gasteiger partial charge is 0.444 e. The molecule has 2 fully saturated rings.